The Labute approximate surface area is 128 Å². The normalized spacial score (nSPS) is 27.6. The SMILES string of the molecule is CCOC1(C(NC)c2c(OC)cnn2C)CCCC(C)C1. The molecule has 1 fully saturated rings. The second-order valence-electron chi connectivity index (χ2n) is 6.14. The lowest BCUT2D eigenvalue weighted by Gasteiger charge is -2.45. The molecule has 2 rings (SSSR count). The summed E-state index contributed by atoms with van der Waals surface area (Å²) in [5.74, 6) is 1.51. The van der Waals surface area contributed by atoms with Crippen molar-refractivity contribution < 1.29 is 9.47 Å². The molecule has 1 saturated carbocycles. The highest BCUT2D eigenvalue weighted by Crippen LogP contribution is 2.45. The van der Waals surface area contributed by atoms with Crippen LogP contribution in [0.1, 0.15) is 51.3 Å². The fourth-order valence-electron chi connectivity index (χ4n) is 3.87. The van der Waals surface area contributed by atoms with Crippen LogP contribution >= 0.6 is 0 Å². The van der Waals surface area contributed by atoms with Crippen molar-refractivity contribution in [3.63, 3.8) is 0 Å². The summed E-state index contributed by atoms with van der Waals surface area (Å²) in [6.45, 7) is 5.12. The summed E-state index contributed by atoms with van der Waals surface area (Å²) < 4.78 is 13.7. The van der Waals surface area contributed by atoms with E-state index in [0.717, 1.165) is 30.9 Å². The van der Waals surface area contributed by atoms with Gasteiger partial charge in [0.05, 0.1) is 30.6 Å². The van der Waals surface area contributed by atoms with Crippen LogP contribution in [0.2, 0.25) is 0 Å². The van der Waals surface area contributed by atoms with Crippen LogP contribution in [0.15, 0.2) is 6.20 Å². The molecule has 3 unspecified atom stereocenters. The number of methoxy groups -OCH3 is 1. The minimum atomic E-state index is -0.178. The first-order chi connectivity index (χ1) is 10.1. The molecule has 5 nitrogen and oxygen atoms in total. The molecule has 1 aliphatic rings. The van der Waals surface area contributed by atoms with Gasteiger partial charge in [-0.1, -0.05) is 19.8 Å². The zero-order valence-electron chi connectivity index (χ0n) is 14.0. The maximum Gasteiger partial charge on any atom is 0.161 e. The number of aromatic nitrogens is 2. The molecule has 1 aliphatic carbocycles. The van der Waals surface area contributed by atoms with E-state index in [0.29, 0.717) is 5.92 Å². The summed E-state index contributed by atoms with van der Waals surface area (Å²) in [6.07, 6.45) is 6.42. The second kappa shape index (κ2) is 6.79. The molecular formula is C16H29N3O2. The van der Waals surface area contributed by atoms with Gasteiger partial charge in [-0.15, -0.1) is 0 Å². The molecule has 21 heavy (non-hydrogen) atoms. The molecule has 120 valence electrons. The Kier molecular flexibility index (Phi) is 5.27. The Morgan fingerprint density at radius 3 is 2.90 bits per heavy atom. The maximum atomic E-state index is 6.31. The van der Waals surface area contributed by atoms with E-state index in [1.807, 2.05) is 18.8 Å². The number of rotatable bonds is 6. The predicted octanol–water partition coefficient (Wildman–Crippen LogP) is 2.67. The molecule has 3 atom stereocenters. The summed E-state index contributed by atoms with van der Waals surface area (Å²) in [6, 6.07) is 0.0858. The Morgan fingerprint density at radius 1 is 1.57 bits per heavy atom. The van der Waals surface area contributed by atoms with Crippen molar-refractivity contribution in [1.82, 2.24) is 15.1 Å². The van der Waals surface area contributed by atoms with Crippen molar-refractivity contribution in [1.29, 1.82) is 0 Å². The van der Waals surface area contributed by atoms with Gasteiger partial charge in [-0.05, 0) is 32.7 Å². The first-order valence-electron chi connectivity index (χ1n) is 7.95. The maximum absolute atomic E-state index is 6.31. The van der Waals surface area contributed by atoms with Crippen molar-refractivity contribution in [3.8, 4) is 5.75 Å². The van der Waals surface area contributed by atoms with Gasteiger partial charge in [-0.2, -0.15) is 5.10 Å². The standard InChI is InChI=1S/C16H29N3O2/c1-6-21-16(9-7-8-12(2)10-16)15(17-3)14-13(20-5)11-18-19(14)4/h11-12,15,17H,6-10H2,1-5H3. The number of ether oxygens (including phenoxy) is 2. The van der Waals surface area contributed by atoms with E-state index in [1.165, 1.54) is 12.8 Å². The fourth-order valence-corrected chi connectivity index (χ4v) is 3.87. The molecular weight excluding hydrogens is 266 g/mol. The van der Waals surface area contributed by atoms with Crippen molar-refractivity contribution in [2.45, 2.75) is 51.2 Å². The molecule has 0 bridgehead atoms. The van der Waals surface area contributed by atoms with Crippen LogP contribution in [0.25, 0.3) is 0 Å². The van der Waals surface area contributed by atoms with E-state index in [4.69, 9.17) is 9.47 Å². The highest BCUT2D eigenvalue weighted by Gasteiger charge is 2.45. The highest BCUT2D eigenvalue weighted by atomic mass is 16.5. The zero-order chi connectivity index (χ0) is 15.5. The largest absolute Gasteiger partial charge is 0.493 e. The molecule has 1 heterocycles. The van der Waals surface area contributed by atoms with Crippen LogP contribution in [0.3, 0.4) is 0 Å². The summed E-state index contributed by atoms with van der Waals surface area (Å²) in [5, 5.41) is 7.83. The van der Waals surface area contributed by atoms with E-state index >= 15 is 0 Å². The first kappa shape index (κ1) is 16.3. The fraction of sp³-hybridized carbons (Fsp3) is 0.812. The Hall–Kier alpha value is -1.07. The van der Waals surface area contributed by atoms with Gasteiger partial charge in [0.2, 0.25) is 0 Å². The zero-order valence-corrected chi connectivity index (χ0v) is 14.0. The molecule has 0 saturated heterocycles. The quantitative estimate of drug-likeness (QED) is 0.876. The van der Waals surface area contributed by atoms with Crippen LogP contribution in [-0.2, 0) is 11.8 Å². The summed E-state index contributed by atoms with van der Waals surface area (Å²) in [5.41, 5.74) is 0.893. The number of nitrogens with one attached hydrogen (secondary N) is 1. The van der Waals surface area contributed by atoms with Gasteiger partial charge >= 0.3 is 0 Å². The predicted molar refractivity (Wildman–Crippen MR) is 83.5 cm³/mol. The van der Waals surface area contributed by atoms with E-state index in [-0.39, 0.29) is 11.6 Å². The van der Waals surface area contributed by atoms with Gasteiger partial charge in [-0.25, -0.2) is 0 Å². The molecule has 0 spiro atoms. The van der Waals surface area contributed by atoms with E-state index in [9.17, 15) is 0 Å². The third-order valence-electron chi connectivity index (χ3n) is 4.68. The van der Waals surface area contributed by atoms with Gasteiger partial charge in [-0.3, -0.25) is 4.68 Å². The first-order valence-corrected chi connectivity index (χ1v) is 7.95. The molecule has 0 aromatic carbocycles. The topological polar surface area (TPSA) is 48.3 Å². The van der Waals surface area contributed by atoms with Gasteiger partial charge in [0.1, 0.15) is 0 Å². The van der Waals surface area contributed by atoms with E-state index < -0.39 is 0 Å². The van der Waals surface area contributed by atoms with Gasteiger partial charge in [0, 0.05) is 13.7 Å². The number of nitrogens with zero attached hydrogens (tertiary/aromatic N) is 2. The molecule has 5 heteroatoms. The Bertz CT molecular complexity index is 456. The Balaban J connectivity index is 2.42. The third-order valence-corrected chi connectivity index (χ3v) is 4.68. The van der Waals surface area contributed by atoms with Gasteiger partial charge < -0.3 is 14.8 Å². The molecule has 0 radical (unpaired) electrons. The summed E-state index contributed by atoms with van der Waals surface area (Å²) in [7, 11) is 5.66. The number of likely N-dealkylation sites (N-methyl/N-ethyl adjacent to an activating group) is 1. The summed E-state index contributed by atoms with van der Waals surface area (Å²) in [4.78, 5) is 0. The van der Waals surface area contributed by atoms with Crippen LogP contribution < -0.4 is 10.1 Å². The van der Waals surface area contributed by atoms with Crippen LogP contribution in [0.5, 0.6) is 5.75 Å². The van der Waals surface area contributed by atoms with Crippen LogP contribution in [0, 0.1) is 5.92 Å². The molecule has 1 N–H and O–H groups in total. The van der Waals surface area contributed by atoms with Crippen LogP contribution in [0.4, 0.5) is 0 Å². The average Bonchev–Trinajstić information content (AvgIpc) is 2.81. The molecule has 0 amide bonds. The number of hydrogen-bond donors (Lipinski definition) is 1. The minimum absolute atomic E-state index is 0.0858. The second-order valence-corrected chi connectivity index (χ2v) is 6.14. The monoisotopic (exact) mass is 295 g/mol. The summed E-state index contributed by atoms with van der Waals surface area (Å²) >= 11 is 0. The molecule has 1 aromatic rings. The van der Waals surface area contributed by atoms with E-state index in [1.54, 1.807) is 13.3 Å². The van der Waals surface area contributed by atoms with Crippen molar-refractivity contribution in [2.24, 2.45) is 13.0 Å². The molecule has 0 aliphatic heterocycles. The van der Waals surface area contributed by atoms with Crippen LogP contribution in [-0.4, -0.2) is 36.1 Å². The lowest BCUT2D eigenvalue weighted by molar-refractivity contribution is -0.102. The van der Waals surface area contributed by atoms with Gasteiger partial charge in [0.15, 0.2) is 5.75 Å². The number of hydrogen-bond acceptors (Lipinski definition) is 4. The smallest absolute Gasteiger partial charge is 0.161 e. The minimum Gasteiger partial charge on any atom is -0.493 e. The van der Waals surface area contributed by atoms with Crippen molar-refractivity contribution in [2.75, 3.05) is 20.8 Å². The van der Waals surface area contributed by atoms with Crippen molar-refractivity contribution >= 4 is 0 Å². The van der Waals surface area contributed by atoms with E-state index in [2.05, 4.69) is 24.3 Å². The molecule has 1 aromatic heterocycles. The highest BCUT2D eigenvalue weighted by molar-refractivity contribution is 5.31. The lowest BCUT2D eigenvalue weighted by atomic mass is 9.73. The van der Waals surface area contributed by atoms with Crippen molar-refractivity contribution in [3.05, 3.63) is 11.9 Å². The average molecular weight is 295 g/mol. The Morgan fingerprint density at radius 2 is 2.33 bits per heavy atom. The van der Waals surface area contributed by atoms with Gasteiger partial charge in [0.25, 0.3) is 0 Å². The lowest BCUT2D eigenvalue weighted by Crippen LogP contribution is -2.49. The number of aryl methyl sites for hydroxylation is 1. The third kappa shape index (κ3) is 3.09.